The van der Waals surface area contributed by atoms with E-state index in [-0.39, 0.29) is 6.04 Å². The van der Waals surface area contributed by atoms with Gasteiger partial charge in [-0.25, -0.2) is 0 Å². The van der Waals surface area contributed by atoms with E-state index in [4.69, 9.17) is 0 Å². The Morgan fingerprint density at radius 2 is 1.76 bits per heavy atom. The van der Waals surface area contributed by atoms with Crippen molar-refractivity contribution in [1.29, 1.82) is 0 Å². The van der Waals surface area contributed by atoms with E-state index in [1.165, 1.54) is 0 Å². The molecule has 3 aromatic rings. The Balaban J connectivity index is 1.98. The first-order valence-corrected chi connectivity index (χ1v) is 8.41. The maximum atomic E-state index is 12.0. The van der Waals surface area contributed by atoms with E-state index in [9.17, 15) is 9.59 Å². The van der Waals surface area contributed by atoms with Crippen LogP contribution in [0.1, 0.15) is 10.4 Å². The van der Waals surface area contributed by atoms with Gasteiger partial charge in [-0.05, 0) is 18.2 Å². The van der Waals surface area contributed by atoms with Crippen LogP contribution < -0.4 is 10.2 Å². The molecule has 0 amide bonds. The van der Waals surface area contributed by atoms with Crippen molar-refractivity contribution < 1.29 is 9.59 Å². The highest BCUT2D eigenvalue weighted by atomic mass is 16.1. The highest BCUT2D eigenvalue weighted by molar-refractivity contribution is 6.05. The third kappa shape index (κ3) is 2.62. The maximum Gasteiger partial charge on any atom is 0.154 e. The fourth-order valence-corrected chi connectivity index (χ4v) is 3.58. The van der Waals surface area contributed by atoms with Gasteiger partial charge in [-0.1, -0.05) is 36.4 Å². The minimum Gasteiger partial charge on any atom is -0.354 e. The van der Waals surface area contributed by atoms with Gasteiger partial charge in [0.2, 0.25) is 0 Å². The van der Waals surface area contributed by atoms with Gasteiger partial charge in [0, 0.05) is 30.7 Å². The standard InChI is InChI=1S/C20H19N3O2/c24-13-15-12-22(11-10-21-15)20-18(14-25)17-8-4-5-9-19(17)23(20)16-6-2-1-3-7-16/h1-9,13-15,21H,10-12H2. The zero-order valence-electron chi connectivity index (χ0n) is 13.8. The molecule has 1 aliphatic rings. The molecule has 1 aromatic heterocycles. The Bertz CT molecular complexity index is 917. The zero-order chi connectivity index (χ0) is 17.2. The molecule has 0 radical (unpaired) electrons. The lowest BCUT2D eigenvalue weighted by atomic mass is 10.1. The molecule has 1 aliphatic heterocycles. The summed E-state index contributed by atoms with van der Waals surface area (Å²) in [6, 6.07) is 17.7. The number of piperazine rings is 1. The molecule has 1 saturated heterocycles. The Morgan fingerprint density at radius 1 is 1.00 bits per heavy atom. The van der Waals surface area contributed by atoms with Crippen molar-refractivity contribution in [2.24, 2.45) is 0 Å². The fraction of sp³-hybridized carbons (Fsp3) is 0.200. The summed E-state index contributed by atoms with van der Waals surface area (Å²) in [5.41, 5.74) is 2.67. The van der Waals surface area contributed by atoms with Crippen LogP contribution in [-0.2, 0) is 4.79 Å². The van der Waals surface area contributed by atoms with Crippen molar-refractivity contribution in [2.45, 2.75) is 6.04 Å². The number of fused-ring (bicyclic) bond motifs is 1. The second-order valence-corrected chi connectivity index (χ2v) is 6.19. The minimum atomic E-state index is -0.226. The number of anilines is 1. The van der Waals surface area contributed by atoms with E-state index < -0.39 is 0 Å². The summed E-state index contributed by atoms with van der Waals surface area (Å²) in [4.78, 5) is 25.3. The molecule has 5 heteroatoms. The summed E-state index contributed by atoms with van der Waals surface area (Å²) < 4.78 is 2.12. The van der Waals surface area contributed by atoms with E-state index in [0.29, 0.717) is 18.7 Å². The van der Waals surface area contributed by atoms with Crippen LogP contribution in [0.15, 0.2) is 54.6 Å². The number of rotatable bonds is 4. The molecule has 2 aromatic carbocycles. The quantitative estimate of drug-likeness (QED) is 0.745. The number of hydrogen-bond acceptors (Lipinski definition) is 4. The lowest BCUT2D eigenvalue weighted by molar-refractivity contribution is -0.109. The van der Waals surface area contributed by atoms with Gasteiger partial charge in [0.15, 0.2) is 6.29 Å². The van der Waals surface area contributed by atoms with Crippen LogP contribution in [0.5, 0.6) is 0 Å². The number of para-hydroxylation sites is 2. The summed E-state index contributed by atoms with van der Waals surface area (Å²) in [7, 11) is 0. The third-order valence-electron chi connectivity index (χ3n) is 4.69. The summed E-state index contributed by atoms with van der Waals surface area (Å²) >= 11 is 0. The van der Waals surface area contributed by atoms with Gasteiger partial charge >= 0.3 is 0 Å². The number of benzene rings is 2. The number of nitrogens with zero attached hydrogens (tertiary/aromatic N) is 2. The summed E-state index contributed by atoms with van der Waals surface area (Å²) in [6.45, 7) is 2.00. The molecular weight excluding hydrogens is 314 g/mol. The largest absolute Gasteiger partial charge is 0.354 e. The molecule has 25 heavy (non-hydrogen) atoms. The molecule has 0 spiro atoms. The van der Waals surface area contributed by atoms with Gasteiger partial charge in [0.25, 0.3) is 0 Å². The van der Waals surface area contributed by atoms with Crippen LogP contribution >= 0.6 is 0 Å². The Hall–Kier alpha value is -2.92. The van der Waals surface area contributed by atoms with Crippen molar-refractivity contribution in [3.8, 4) is 5.69 Å². The van der Waals surface area contributed by atoms with Crippen LogP contribution in [0.4, 0.5) is 5.82 Å². The van der Waals surface area contributed by atoms with E-state index in [0.717, 1.165) is 41.5 Å². The third-order valence-corrected chi connectivity index (χ3v) is 4.69. The first-order chi connectivity index (χ1) is 12.3. The maximum absolute atomic E-state index is 12.0. The topological polar surface area (TPSA) is 54.3 Å². The average Bonchev–Trinajstić information content (AvgIpc) is 3.03. The number of carbonyl (C=O) groups is 2. The lowest BCUT2D eigenvalue weighted by Crippen LogP contribution is -2.52. The molecule has 5 nitrogen and oxygen atoms in total. The molecule has 1 unspecified atom stereocenters. The predicted molar refractivity (Wildman–Crippen MR) is 98.7 cm³/mol. The van der Waals surface area contributed by atoms with Crippen molar-refractivity contribution in [3.05, 3.63) is 60.2 Å². The van der Waals surface area contributed by atoms with Gasteiger partial charge < -0.3 is 15.0 Å². The molecule has 0 bridgehead atoms. The Kier molecular flexibility index (Phi) is 4.07. The van der Waals surface area contributed by atoms with Crippen LogP contribution in [0.3, 0.4) is 0 Å². The first kappa shape index (κ1) is 15.6. The molecule has 4 rings (SSSR count). The van der Waals surface area contributed by atoms with E-state index in [1.807, 2.05) is 54.6 Å². The minimum absolute atomic E-state index is 0.226. The van der Waals surface area contributed by atoms with Crippen molar-refractivity contribution in [2.75, 3.05) is 24.5 Å². The summed E-state index contributed by atoms with van der Waals surface area (Å²) in [5.74, 6) is 0.857. The van der Waals surface area contributed by atoms with E-state index in [1.54, 1.807) is 0 Å². The highest BCUT2D eigenvalue weighted by Crippen LogP contribution is 2.35. The molecule has 2 heterocycles. The molecule has 1 fully saturated rings. The van der Waals surface area contributed by atoms with E-state index >= 15 is 0 Å². The van der Waals surface area contributed by atoms with Gasteiger partial charge in [-0.15, -0.1) is 0 Å². The van der Waals surface area contributed by atoms with Crippen LogP contribution in [0.2, 0.25) is 0 Å². The monoisotopic (exact) mass is 333 g/mol. The average molecular weight is 333 g/mol. The van der Waals surface area contributed by atoms with Crippen molar-refractivity contribution >= 4 is 29.3 Å². The molecular formula is C20H19N3O2. The Morgan fingerprint density at radius 3 is 2.52 bits per heavy atom. The van der Waals surface area contributed by atoms with Gasteiger partial charge in [0.1, 0.15) is 12.1 Å². The second kappa shape index (κ2) is 6.53. The normalized spacial score (nSPS) is 17.6. The first-order valence-electron chi connectivity index (χ1n) is 8.41. The smallest absolute Gasteiger partial charge is 0.154 e. The lowest BCUT2D eigenvalue weighted by Gasteiger charge is -2.34. The fourth-order valence-electron chi connectivity index (χ4n) is 3.58. The molecule has 1 atom stereocenters. The number of aromatic nitrogens is 1. The van der Waals surface area contributed by atoms with E-state index in [2.05, 4.69) is 14.8 Å². The SMILES string of the molecule is O=Cc1c(N2CCNC(C=O)C2)n(-c2ccccc2)c2ccccc12. The van der Waals surface area contributed by atoms with Gasteiger partial charge in [-0.2, -0.15) is 0 Å². The second-order valence-electron chi connectivity index (χ2n) is 6.19. The van der Waals surface area contributed by atoms with Gasteiger partial charge in [-0.3, -0.25) is 9.36 Å². The summed E-state index contributed by atoms with van der Waals surface area (Å²) in [6.07, 6.45) is 1.86. The van der Waals surface area contributed by atoms with Crippen molar-refractivity contribution in [1.82, 2.24) is 9.88 Å². The van der Waals surface area contributed by atoms with Crippen molar-refractivity contribution in [3.63, 3.8) is 0 Å². The zero-order valence-corrected chi connectivity index (χ0v) is 13.8. The highest BCUT2D eigenvalue weighted by Gasteiger charge is 2.26. The molecule has 0 saturated carbocycles. The predicted octanol–water partition coefficient (Wildman–Crippen LogP) is 2.42. The van der Waals surface area contributed by atoms with Gasteiger partial charge in [0.05, 0.1) is 17.1 Å². The van der Waals surface area contributed by atoms with Crippen LogP contribution in [0, 0.1) is 0 Å². The number of hydrogen-bond donors (Lipinski definition) is 1. The number of aldehydes is 2. The van der Waals surface area contributed by atoms with Crippen LogP contribution in [0.25, 0.3) is 16.6 Å². The molecule has 0 aliphatic carbocycles. The Labute approximate surface area is 145 Å². The molecule has 1 N–H and O–H groups in total. The van der Waals surface area contributed by atoms with Crippen LogP contribution in [-0.4, -0.2) is 42.8 Å². The number of carbonyl (C=O) groups excluding carboxylic acids is 2. The summed E-state index contributed by atoms with van der Waals surface area (Å²) in [5, 5.41) is 4.12. The molecule has 126 valence electrons. The number of nitrogens with one attached hydrogen (secondary N) is 1.